The monoisotopic (exact) mass is 313 g/mol. The normalized spacial score (nSPS) is 11.3. The summed E-state index contributed by atoms with van der Waals surface area (Å²) >= 11 is 0. The lowest BCUT2D eigenvalue weighted by atomic mass is 10.1. The predicted octanol–water partition coefficient (Wildman–Crippen LogP) is 0.216. The Balaban J connectivity index is 2.94. The molecule has 0 unspecified atom stereocenters. The average molecular weight is 313 g/mol. The Hall–Kier alpha value is -2.10. The van der Waals surface area contributed by atoms with Crippen LogP contribution in [0.3, 0.4) is 0 Å². The molecular weight excluding hydrogens is 302 g/mol. The van der Waals surface area contributed by atoms with E-state index in [1.54, 1.807) is 12.1 Å². The zero-order valence-corrected chi connectivity index (χ0v) is 12.1. The third-order valence-corrected chi connectivity index (χ3v) is 4.75. The molecule has 20 heavy (non-hydrogen) atoms. The summed E-state index contributed by atoms with van der Waals surface area (Å²) < 4.78 is 47.4. The Morgan fingerprint density at radius 1 is 1.05 bits per heavy atom. The maximum absolute atomic E-state index is 11.7. The van der Waals surface area contributed by atoms with Gasteiger partial charge < -0.3 is 0 Å². The molecule has 1 rings (SSSR count). The SMILES string of the molecule is CS(=O)(=O)CCS(=O)(=O)Nc1ccc(C#N)c(C#N)c1. The van der Waals surface area contributed by atoms with Crippen molar-refractivity contribution < 1.29 is 16.8 Å². The molecule has 0 fully saturated rings. The van der Waals surface area contributed by atoms with E-state index in [0.29, 0.717) is 0 Å². The highest BCUT2D eigenvalue weighted by Gasteiger charge is 2.15. The van der Waals surface area contributed by atoms with Crippen molar-refractivity contribution in [2.24, 2.45) is 0 Å². The van der Waals surface area contributed by atoms with Crippen LogP contribution in [0.1, 0.15) is 11.1 Å². The van der Waals surface area contributed by atoms with Gasteiger partial charge in [-0.3, -0.25) is 4.72 Å². The third kappa shape index (κ3) is 4.88. The molecular formula is C11H11N3O4S2. The molecule has 106 valence electrons. The van der Waals surface area contributed by atoms with E-state index < -0.39 is 31.4 Å². The minimum absolute atomic E-state index is 0.0378. The van der Waals surface area contributed by atoms with E-state index in [4.69, 9.17) is 10.5 Å². The zero-order valence-electron chi connectivity index (χ0n) is 10.5. The quantitative estimate of drug-likeness (QED) is 0.828. The average Bonchev–Trinajstić information content (AvgIpc) is 2.35. The summed E-state index contributed by atoms with van der Waals surface area (Å²) in [6, 6.07) is 7.44. The standard InChI is InChI=1S/C11H11N3O4S2/c1-19(15,16)4-5-20(17,18)14-11-3-2-9(7-12)10(6-11)8-13/h2-3,6,14H,4-5H2,1H3. The molecule has 0 saturated heterocycles. The van der Waals surface area contributed by atoms with Crippen molar-refractivity contribution in [3.63, 3.8) is 0 Å². The Morgan fingerprint density at radius 3 is 2.15 bits per heavy atom. The minimum Gasteiger partial charge on any atom is -0.283 e. The van der Waals surface area contributed by atoms with Crippen molar-refractivity contribution in [2.75, 3.05) is 22.5 Å². The van der Waals surface area contributed by atoms with E-state index >= 15 is 0 Å². The fraction of sp³-hybridized carbons (Fsp3) is 0.273. The van der Waals surface area contributed by atoms with Gasteiger partial charge in [0.15, 0.2) is 0 Å². The number of sulfonamides is 1. The van der Waals surface area contributed by atoms with Crippen LogP contribution in [0.2, 0.25) is 0 Å². The maximum Gasteiger partial charge on any atom is 0.233 e. The van der Waals surface area contributed by atoms with Crippen LogP contribution in [-0.4, -0.2) is 34.6 Å². The van der Waals surface area contributed by atoms with Gasteiger partial charge in [0, 0.05) is 11.9 Å². The van der Waals surface area contributed by atoms with E-state index in [1.165, 1.54) is 18.2 Å². The van der Waals surface area contributed by atoms with E-state index in [9.17, 15) is 16.8 Å². The van der Waals surface area contributed by atoms with Gasteiger partial charge in [-0.2, -0.15) is 10.5 Å². The Morgan fingerprint density at radius 2 is 1.65 bits per heavy atom. The molecule has 0 saturated carbocycles. The van der Waals surface area contributed by atoms with E-state index in [0.717, 1.165) is 6.26 Å². The molecule has 1 N–H and O–H groups in total. The van der Waals surface area contributed by atoms with Gasteiger partial charge in [0.2, 0.25) is 10.0 Å². The molecule has 7 nitrogen and oxygen atoms in total. The van der Waals surface area contributed by atoms with Crippen LogP contribution in [0.25, 0.3) is 0 Å². The van der Waals surface area contributed by atoms with Gasteiger partial charge in [-0.05, 0) is 18.2 Å². The van der Waals surface area contributed by atoms with E-state index in [-0.39, 0.29) is 16.8 Å². The number of anilines is 1. The summed E-state index contributed by atoms with van der Waals surface area (Å²) in [6.45, 7) is 0. The molecule has 9 heteroatoms. The molecule has 1 aromatic rings. The molecule has 0 atom stereocenters. The second kappa shape index (κ2) is 5.90. The van der Waals surface area contributed by atoms with Gasteiger partial charge in [0.1, 0.15) is 22.0 Å². The van der Waals surface area contributed by atoms with E-state index in [2.05, 4.69) is 4.72 Å². The van der Waals surface area contributed by atoms with Gasteiger partial charge in [-0.1, -0.05) is 0 Å². The van der Waals surface area contributed by atoms with Crippen LogP contribution in [0.5, 0.6) is 0 Å². The zero-order chi connectivity index (χ0) is 15.4. The summed E-state index contributed by atoms with van der Waals surface area (Å²) in [4.78, 5) is 0. The lowest BCUT2D eigenvalue weighted by Gasteiger charge is -2.08. The number of nitriles is 2. The summed E-state index contributed by atoms with van der Waals surface area (Å²) in [5, 5.41) is 17.6. The molecule has 0 aromatic heterocycles. The molecule has 0 amide bonds. The van der Waals surface area contributed by atoms with Gasteiger partial charge >= 0.3 is 0 Å². The first-order valence-electron chi connectivity index (χ1n) is 5.29. The second-order valence-electron chi connectivity index (χ2n) is 4.03. The number of hydrogen-bond acceptors (Lipinski definition) is 6. The first-order chi connectivity index (χ1) is 9.17. The lowest BCUT2D eigenvalue weighted by molar-refractivity contribution is 0.593. The molecule has 0 radical (unpaired) electrons. The van der Waals surface area contributed by atoms with Crippen molar-refractivity contribution in [3.8, 4) is 12.1 Å². The molecule has 0 aliphatic rings. The van der Waals surface area contributed by atoms with Crippen LogP contribution < -0.4 is 4.72 Å². The summed E-state index contributed by atoms with van der Waals surface area (Å²) in [7, 11) is -7.22. The molecule has 1 aromatic carbocycles. The van der Waals surface area contributed by atoms with Crippen molar-refractivity contribution in [2.45, 2.75) is 0 Å². The van der Waals surface area contributed by atoms with Crippen LogP contribution >= 0.6 is 0 Å². The highest BCUT2D eigenvalue weighted by Crippen LogP contribution is 2.16. The van der Waals surface area contributed by atoms with Gasteiger partial charge in [0.05, 0.1) is 22.6 Å². The first kappa shape index (κ1) is 16.0. The van der Waals surface area contributed by atoms with Crippen molar-refractivity contribution in [1.82, 2.24) is 0 Å². The largest absolute Gasteiger partial charge is 0.283 e. The van der Waals surface area contributed by atoms with Crippen molar-refractivity contribution in [3.05, 3.63) is 29.3 Å². The number of nitrogens with zero attached hydrogens (tertiary/aromatic N) is 2. The van der Waals surface area contributed by atoms with Crippen LogP contribution in [0.4, 0.5) is 5.69 Å². The second-order valence-corrected chi connectivity index (χ2v) is 8.14. The number of sulfone groups is 1. The van der Waals surface area contributed by atoms with Crippen LogP contribution in [-0.2, 0) is 19.9 Å². The lowest BCUT2D eigenvalue weighted by Crippen LogP contribution is -2.22. The van der Waals surface area contributed by atoms with Crippen molar-refractivity contribution >= 4 is 25.5 Å². The van der Waals surface area contributed by atoms with Gasteiger partial charge in [-0.15, -0.1) is 0 Å². The van der Waals surface area contributed by atoms with Crippen LogP contribution in [0.15, 0.2) is 18.2 Å². The highest BCUT2D eigenvalue weighted by molar-refractivity contribution is 7.95. The number of nitrogens with one attached hydrogen (secondary N) is 1. The summed E-state index contributed by atoms with van der Waals surface area (Å²) in [5.41, 5.74) is 0.274. The van der Waals surface area contributed by atoms with Gasteiger partial charge in [-0.25, -0.2) is 16.8 Å². The highest BCUT2D eigenvalue weighted by atomic mass is 32.2. The van der Waals surface area contributed by atoms with Crippen molar-refractivity contribution in [1.29, 1.82) is 10.5 Å². The molecule has 0 heterocycles. The minimum atomic E-state index is -3.83. The first-order valence-corrected chi connectivity index (χ1v) is 9.00. The molecule has 0 aliphatic heterocycles. The summed E-state index contributed by atoms with van der Waals surface area (Å²) in [6.07, 6.45) is 0.942. The molecule has 0 aliphatic carbocycles. The Labute approximate surface area is 117 Å². The topological polar surface area (TPSA) is 128 Å². The Kier molecular flexibility index (Phi) is 4.71. The molecule has 0 spiro atoms. The number of hydrogen-bond donors (Lipinski definition) is 1. The fourth-order valence-electron chi connectivity index (χ4n) is 1.29. The van der Waals surface area contributed by atoms with Crippen LogP contribution in [0, 0.1) is 22.7 Å². The van der Waals surface area contributed by atoms with E-state index in [1.807, 2.05) is 0 Å². The summed E-state index contributed by atoms with van der Waals surface area (Å²) in [5.74, 6) is -1.07. The predicted molar refractivity (Wildman–Crippen MR) is 73.0 cm³/mol. The maximum atomic E-state index is 11.7. The number of benzene rings is 1. The smallest absolute Gasteiger partial charge is 0.233 e. The number of rotatable bonds is 5. The fourth-order valence-corrected chi connectivity index (χ4v) is 3.97. The Bertz CT molecular complexity index is 799. The molecule has 0 bridgehead atoms. The third-order valence-electron chi connectivity index (χ3n) is 2.26. The van der Waals surface area contributed by atoms with Gasteiger partial charge in [0.25, 0.3) is 0 Å².